The lowest BCUT2D eigenvalue weighted by Gasteiger charge is -2.21. The molecule has 1 heterocycles. The number of hydrogen-bond donors (Lipinski definition) is 3. The third kappa shape index (κ3) is 3.76. The van der Waals surface area contributed by atoms with Crippen molar-refractivity contribution in [1.29, 1.82) is 0 Å². The second-order valence-electron chi connectivity index (χ2n) is 4.71. The number of aliphatic hydroxyl groups is 1. The van der Waals surface area contributed by atoms with Crippen LogP contribution >= 0.6 is 0 Å². The number of nitrogens with one attached hydrogen (secondary N) is 2. The quantitative estimate of drug-likeness (QED) is 0.813. The average molecular weight is 307 g/mol. The van der Waals surface area contributed by atoms with E-state index in [9.17, 15) is 18.7 Å². The maximum Gasteiger partial charge on any atom is 0.319 e. The largest absolute Gasteiger partial charge is 0.386 e. The summed E-state index contributed by atoms with van der Waals surface area (Å²) in [5, 5.41) is 14.9. The first-order valence-electron chi connectivity index (χ1n) is 6.58. The fraction of sp³-hybridized carbons (Fsp3) is 0.200. The van der Waals surface area contributed by atoms with Gasteiger partial charge in [0.25, 0.3) is 0 Å². The number of rotatable bonds is 4. The molecular weight excluding hydrogens is 292 g/mol. The number of halogens is 2. The van der Waals surface area contributed by atoms with Crippen molar-refractivity contribution in [2.75, 3.05) is 5.32 Å². The van der Waals surface area contributed by atoms with Gasteiger partial charge in [-0.3, -0.25) is 4.98 Å². The van der Waals surface area contributed by atoms with E-state index >= 15 is 0 Å². The molecule has 0 aliphatic rings. The van der Waals surface area contributed by atoms with Crippen molar-refractivity contribution in [1.82, 2.24) is 10.3 Å². The summed E-state index contributed by atoms with van der Waals surface area (Å²) < 4.78 is 27.2. The average Bonchev–Trinajstić information content (AvgIpc) is 2.47. The summed E-state index contributed by atoms with van der Waals surface area (Å²) in [6.07, 6.45) is 1.48. The van der Waals surface area contributed by atoms with Crippen LogP contribution < -0.4 is 10.6 Å². The van der Waals surface area contributed by atoms with Gasteiger partial charge in [0.2, 0.25) is 0 Å². The topological polar surface area (TPSA) is 74.2 Å². The van der Waals surface area contributed by atoms with Crippen molar-refractivity contribution in [3.63, 3.8) is 0 Å². The number of pyridine rings is 1. The summed E-state index contributed by atoms with van der Waals surface area (Å²) in [5.74, 6) is -1.73. The highest BCUT2D eigenvalue weighted by atomic mass is 19.1. The molecule has 1 aromatic carbocycles. The zero-order chi connectivity index (χ0) is 16.1. The van der Waals surface area contributed by atoms with Gasteiger partial charge < -0.3 is 15.7 Å². The lowest BCUT2D eigenvalue weighted by atomic mass is 10.0. The van der Waals surface area contributed by atoms with E-state index < -0.39 is 35.4 Å². The zero-order valence-corrected chi connectivity index (χ0v) is 11.8. The van der Waals surface area contributed by atoms with Crippen molar-refractivity contribution in [3.8, 4) is 0 Å². The van der Waals surface area contributed by atoms with Crippen molar-refractivity contribution >= 4 is 11.7 Å². The summed E-state index contributed by atoms with van der Waals surface area (Å²) >= 11 is 0. The Morgan fingerprint density at radius 1 is 1.23 bits per heavy atom. The van der Waals surface area contributed by atoms with E-state index in [0.717, 1.165) is 12.1 Å². The molecule has 2 amide bonds. The maximum absolute atomic E-state index is 13.6. The maximum atomic E-state index is 13.6. The number of aromatic nitrogens is 1. The SMILES string of the molecule is C[C@H](NC(=O)Nc1cccnc1)[C@@H](O)c1c(F)cccc1F. The minimum Gasteiger partial charge on any atom is -0.386 e. The van der Waals surface area contributed by atoms with Crippen molar-refractivity contribution in [2.45, 2.75) is 19.1 Å². The van der Waals surface area contributed by atoms with Gasteiger partial charge in [0, 0.05) is 6.20 Å². The van der Waals surface area contributed by atoms with E-state index in [4.69, 9.17) is 0 Å². The van der Waals surface area contributed by atoms with Gasteiger partial charge >= 0.3 is 6.03 Å². The lowest BCUT2D eigenvalue weighted by Crippen LogP contribution is -2.40. The third-order valence-electron chi connectivity index (χ3n) is 3.05. The number of nitrogens with zero attached hydrogens (tertiary/aromatic N) is 1. The van der Waals surface area contributed by atoms with Gasteiger partial charge in [-0.05, 0) is 31.2 Å². The summed E-state index contributed by atoms with van der Waals surface area (Å²) in [6, 6.07) is 5.05. The van der Waals surface area contributed by atoms with Gasteiger partial charge in [-0.25, -0.2) is 13.6 Å². The molecule has 0 unspecified atom stereocenters. The summed E-state index contributed by atoms with van der Waals surface area (Å²) in [5.41, 5.74) is -0.0181. The number of aliphatic hydroxyl groups excluding tert-OH is 1. The first-order valence-corrected chi connectivity index (χ1v) is 6.58. The molecule has 0 saturated heterocycles. The van der Waals surface area contributed by atoms with Crippen LogP contribution in [0, 0.1) is 11.6 Å². The molecule has 2 aromatic rings. The molecule has 0 spiro atoms. The Morgan fingerprint density at radius 2 is 1.91 bits per heavy atom. The van der Waals surface area contributed by atoms with E-state index in [0.29, 0.717) is 5.69 Å². The number of amides is 2. The molecule has 0 bridgehead atoms. The first-order chi connectivity index (χ1) is 10.5. The molecule has 0 radical (unpaired) electrons. The Hall–Kier alpha value is -2.54. The fourth-order valence-corrected chi connectivity index (χ4v) is 1.93. The van der Waals surface area contributed by atoms with Gasteiger partial charge in [0.05, 0.1) is 23.5 Å². The van der Waals surface area contributed by atoms with Crippen LogP contribution in [0.3, 0.4) is 0 Å². The van der Waals surface area contributed by atoms with Gasteiger partial charge in [0.15, 0.2) is 0 Å². The lowest BCUT2D eigenvalue weighted by molar-refractivity contribution is 0.131. The number of benzene rings is 1. The van der Waals surface area contributed by atoms with Gasteiger partial charge in [-0.2, -0.15) is 0 Å². The number of anilines is 1. The Morgan fingerprint density at radius 3 is 2.50 bits per heavy atom. The molecule has 7 heteroatoms. The predicted molar refractivity (Wildman–Crippen MR) is 77.2 cm³/mol. The Bertz CT molecular complexity index is 632. The minimum absolute atomic E-state index is 0.457. The monoisotopic (exact) mass is 307 g/mol. The molecule has 3 N–H and O–H groups in total. The molecule has 116 valence electrons. The Balaban J connectivity index is 2.02. The molecule has 2 rings (SSSR count). The first kappa shape index (κ1) is 15.8. The van der Waals surface area contributed by atoms with Crippen LogP contribution in [0.2, 0.25) is 0 Å². The second kappa shape index (κ2) is 6.95. The van der Waals surface area contributed by atoms with Crippen molar-refractivity contribution < 1.29 is 18.7 Å². The van der Waals surface area contributed by atoms with E-state index in [2.05, 4.69) is 15.6 Å². The van der Waals surface area contributed by atoms with Gasteiger partial charge in [0.1, 0.15) is 17.7 Å². The highest BCUT2D eigenvalue weighted by Crippen LogP contribution is 2.23. The molecule has 0 fully saturated rings. The normalized spacial score (nSPS) is 13.3. The molecule has 2 atom stereocenters. The molecule has 22 heavy (non-hydrogen) atoms. The van der Waals surface area contributed by atoms with E-state index in [1.807, 2.05) is 0 Å². The van der Waals surface area contributed by atoms with Gasteiger partial charge in [-0.1, -0.05) is 6.07 Å². The van der Waals surface area contributed by atoms with Crippen molar-refractivity contribution in [2.24, 2.45) is 0 Å². The minimum atomic E-state index is -1.51. The number of hydrogen-bond acceptors (Lipinski definition) is 3. The van der Waals surface area contributed by atoms with Crippen LogP contribution in [0.15, 0.2) is 42.7 Å². The number of urea groups is 1. The zero-order valence-electron chi connectivity index (χ0n) is 11.8. The molecule has 0 aliphatic heterocycles. The molecule has 0 saturated carbocycles. The highest BCUT2D eigenvalue weighted by Gasteiger charge is 2.24. The highest BCUT2D eigenvalue weighted by molar-refractivity contribution is 5.89. The summed E-state index contributed by atoms with van der Waals surface area (Å²) in [7, 11) is 0. The molecule has 5 nitrogen and oxygen atoms in total. The number of carbonyl (C=O) groups is 1. The van der Waals surface area contributed by atoms with E-state index in [1.54, 1.807) is 18.3 Å². The van der Waals surface area contributed by atoms with Crippen molar-refractivity contribution in [3.05, 3.63) is 59.9 Å². The third-order valence-corrected chi connectivity index (χ3v) is 3.05. The summed E-state index contributed by atoms with van der Waals surface area (Å²) in [6.45, 7) is 1.44. The van der Waals surface area contributed by atoms with E-state index in [1.165, 1.54) is 19.2 Å². The van der Waals surface area contributed by atoms with Crippen LogP contribution in [0.1, 0.15) is 18.6 Å². The second-order valence-corrected chi connectivity index (χ2v) is 4.71. The summed E-state index contributed by atoms with van der Waals surface area (Å²) in [4.78, 5) is 15.6. The predicted octanol–water partition coefficient (Wildman–Crippen LogP) is 2.60. The Labute approximate surface area is 126 Å². The van der Waals surface area contributed by atoms with Gasteiger partial charge in [-0.15, -0.1) is 0 Å². The smallest absolute Gasteiger partial charge is 0.319 e. The molecule has 1 aromatic heterocycles. The van der Waals surface area contributed by atoms with Crippen LogP contribution in [0.4, 0.5) is 19.3 Å². The number of carbonyl (C=O) groups excluding carboxylic acids is 1. The van der Waals surface area contributed by atoms with Crippen LogP contribution in [0.5, 0.6) is 0 Å². The Kier molecular flexibility index (Phi) is 5.00. The van der Waals surface area contributed by atoms with Crippen LogP contribution in [-0.4, -0.2) is 22.2 Å². The molecule has 0 aliphatic carbocycles. The van der Waals surface area contributed by atoms with Crippen LogP contribution in [-0.2, 0) is 0 Å². The molecular formula is C15H15F2N3O2. The fourth-order valence-electron chi connectivity index (χ4n) is 1.93. The van der Waals surface area contributed by atoms with E-state index in [-0.39, 0.29) is 0 Å². The van der Waals surface area contributed by atoms with Crippen LogP contribution in [0.25, 0.3) is 0 Å². The standard InChI is InChI=1S/C15H15F2N3O2/c1-9(14(21)13-11(16)5-2-6-12(13)17)19-15(22)20-10-4-3-7-18-8-10/h2-9,14,21H,1H3,(H2,19,20,22)/t9-,14+/m0/s1.